The average Bonchev–Trinajstić information content (AvgIpc) is 3.04. The van der Waals surface area contributed by atoms with E-state index in [0.29, 0.717) is 21.6 Å². The first-order valence-corrected chi connectivity index (χ1v) is 8.04. The number of hydrogen-bond acceptors (Lipinski definition) is 3. The summed E-state index contributed by atoms with van der Waals surface area (Å²) < 4.78 is 18.5. The highest BCUT2D eigenvalue weighted by atomic mass is 79.9. The maximum atomic E-state index is 12.9. The van der Waals surface area contributed by atoms with Crippen molar-refractivity contribution in [2.75, 3.05) is 10.6 Å². The third-order valence-corrected chi connectivity index (χ3v) is 3.71. The summed E-state index contributed by atoms with van der Waals surface area (Å²) in [6.07, 6.45) is 0. The van der Waals surface area contributed by atoms with Gasteiger partial charge in [0.25, 0.3) is 11.8 Å². The molecule has 0 aliphatic rings. The topological polar surface area (TPSA) is 71.3 Å². The van der Waals surface area contributed by atoms with Crippen LogP contribution in [0.3, 0.4) is 0 Å². The zero-order valence-electron chi connectivity index (χ0n) is 12.8. The Morgan fingerprint density at radius 1 is 0.880 bits per heavy atom. The largest absolute Gasteiger partial charge is 0.444 e. The van der Waals surface area contributed by atoms with Gasteiger partial charge in [0.05, 0.1) is 0 Å². The summed E-state index contributed by atoms with van der Waals surface area (Å²) in [6, 6.07) is 15.0. The standard InChI is InChI=1S/C18H12BrFN2O3/c19-16-9-8-15(25-16)18(24)22-14-3-1-2-11(10-14)17(23)21-13-6-4-12(20)5-7-13/h1-10H,(H,21,23)(H,22,24). The third-order valence-electron chi connectivity index (χ3n) is 3.28. The molecule has 2 amide bonds. The summed E-state index contributed by atoms with van der Waals surface area (Å²) in [6.45, 7) is 0. The van der Waals surface area contributed by atoms with Crippen molar-refractivity contribution < 1.29 is 18.4 Å². The van der Waals surface area contributed by atoms with E-state index in [-0.39, 0.29) is 17.5 Å². The molecular weight excluding hydrogens is 391 g/mol. The first kappa shape index (κ1) is 16.9. The van der Waals surface area contributed by atoms with Crippen LogP contribution in [0.2, 0.25) is 0 Å². The minimum absolute atomic E-state index is 0.146. The number of carbonyl (C=O) groups excluding carboxylic acids is 2. The number of carbonyl (C=O) groups is 2. The van der Waals surface area contributed by atoms with Crippen LogP contribution >= 0.6 is 15.9 Å². The van der Waals surface area contributed by atoms with Crippen molar-refractivity contribution in [3.05, 3.63) is 82.5 Å². The van der Waals surface area contributed by atoms with Gasteiger partial charge in [0.15, 0.2) is 10.4 Å². The predicted octanol–water partition coefficient (Wildman–Crippen LogP) is 4.69. The summed E-state index contributed by atoms with van der Waals surface area (Å²) in [7, 11) is 0. The fraction of sp³-hybridized carbons (Fsp3) is 0. The van der Waals surface area contributed by atoms with E-state index in [1.807, 2.05) is 0 Å². The summed E-state index contributed by atoms with van der Waals surface area (Å²) in [5, 5.41) is 5.31. The van der Waals surface area contributed by atoms with Crippen LogP contribution in [0.15, 0.2) is 69.8 Å². The monoisotopic (exact) mass is 402 g/mol. The van der Waals surface area contributed by atoms with Crippen LogP contribution < -0.4 is 10.6 Å². The van der Waals surface area contributed by atoms with E-state index < -0.39 is 5.91 Å². The Labute approximate surface area is 151 Å². The molecule has 0 saturated heterocycles. The molecule has 0 aliphatic heterocycles. The number of rotatable bonds is 4. The molecule has 0 aliphatic carbocycles. The van der Waals surface area contributed by atoms with Crippen molar-refractivity contribution in [3.8, 4) is 0 Å². The van der Waals surface area contributed by atoms with E-state index in [1.165, 1.54) is 36.4 Å². The van der Waals surface area contributed by atoms with Crippen LogP contribution in [0.1, 0.15) is 20.9 Å². The Balaban J connectivity index is 1.71. The molecule has 0 spiro atoms. The van der Waals surface area contributed by atoms with Gasteiger partial charge in [0, 0.05) is 16.9 Å². The molecule has 126 valence electrons. The van der Waals surface area contributed by atoms with Gasteiger partial charge in [-0.2, -0.15) is 0 Å². The van der Waals surface area contributed by atoms with Crippen LogP contribution in [0.4, 0.5) is 15.8 Å². The Morgan fingerprint density at radius 3 is 2.28 bits per heavy atom. The van der Waals surface area contributed by atoms with Crippen LogP contribution in [0.5, 0.6) is 0 Å². The van der Waals surface area contributed by atoms with E-state index in [0.717, 1.165) is 0 Å². The van der Waals surface area contributed by atoms with E-state index in [1.54, 1.807) is 24.3 Å². The zero-order valence-corrected chi connectivity index (χ0v) is 14.3. The molecule has 0 bridgehead atoms. The molecule has 7 heteroatoms. The molecule has 5 nitrogen and oxygen atoms in total. The zero-order chi connectivity index (χ0) is 17.8. The highest BCUT2D eigenvalue weighted by Crippen LogP contribution is 2.18. The molecule has 3 aromatic rings. The van der Waals surface area contributed by atoms with Gasteiger partial charge >= 0.3 is 0 Å². The molecule has 2 N–H and O–H groups in total. The Kier molecular flexibility index (Phi) is 4.95. The highest BCUT2D eigenvalue weighted by Gasteiger charge is 2.12. The van der Waals surface area contributed by atoms with Gasteiger partial charge < -0.3 is 15.1 Å². The van der Waals surface area contributed by atoms with E-state index in [4.69, 9.17) is 4.42 Å². The fourth-order valence-electron chi connectivity index (χ4n) is 2.10. The first-order valence-electron chi connectivity index (χ1n) is 7.25. The van der Waals surface area contributed by atoms with E-state index >= 15 is 0 Å². The molecule has 2 aromatic carbocycles. The third kappa shape index (κ3) is 4.33. The quantitative estimate of drug-likeness (QED) is 0.664. The number of amides is 2. The van der Waals surface area contributed by atoms with Crippen molar-refractivity contribution in [2.24, 2.45) is 0 Å². The second-order valence-electron chi connectivity index (χ2n) is 5.10. The second-order valence-corrected chi connectivity index (χ2v) is 5.88. The van der Waals surface area contributed by atoms with Crippen molar-refractivity contribution >= 4 is 39.1 Å². The Bertz CT molecular complexity index is 922. The smallest absolute Gasteiger partial charge is 0.291 e. The summed E-state index contributed by atoms with van der Waals surface area (Å²) in [5.74, 6) is -1.04. The molecule has 0 atom stereocenters. The normalized spacial score (nSPS) is 10.3. The molecule has 0 unspecified atom stereocenters. The lowest BCUT2D eigenvalue weighted by Gasteiger charge is -2.08. The van der Waals surface area contributed by atoms with E-state index in [2.05, 4.69) is 26.6 Å². The van der Waals surface area contributed by atoms with Crippen molar-refractivity contribution in [1.29, 1.82) is 0 Å². The lowest BCUT2D eigenvalue weighted by Crippen LogP contribution is -2.14. The van der Waals surface area contributed by atoms with Crippen molar-refractivity contribution in [3.63, 3.8) is 0 Å². The number of nitrogens with one attached hydrogen (secondary N) is 2. The minimum atomic E-state index is -0.429. The fourth-order valence-corrected chi connectivity index (χ4v) is 2.41. The predicted molar refractivity (Wildman–Crippen MR) is 95.2 cm³/mol. The minimum Gasteiger partial charge on any atom is -0.444 e. The van der Waals surface area contributed by atoms with Gasteiger partial charge in [0.2, 0.25) is 0 Å². The lowest BCUT2D eigenvalue weighted by molar-refractivity contribution is 0.0992. The van der Waals surface area contributed by atoms with Gasteiger partial charge in [0.1, 0.15) is 5.82 Å². The van der Waals surface area contributed by atoms with Crippen LogP contribution in [0, 0.1) is 5.82 Å². The number of halogens is 2. The second kappa shape index (κ2) is 7.31. The van der Waals surface area contributed by atoms with E-state index in [9.17, 15) is 14.0 Å². The first-order chi connectivity index (χ1) is 12.0. The van der Waals surface area contributed by atoms with Gasteiger partial charge in [-0.3, -0.25) is 9.59 Å². The Morgan fingerprint density at radius 2 is 1.60 bits per heavy atom. The van der Waals surface area contributed by atoms with Crippen molar-refractivity contribution in [2.45, 2.75) is 0 Å². The molecule has 1 heterocycles. The molecule has 25 heavy (non-hydrogen) atoms. The van der Waals surface area contributed by atoms with Gasteiger partial charge in [-0.1, -0.05) is 6.07 Å². The number of hydrogen-bond donors (Lipinski definition) is 2. The Hall–Kier alpha value is -2.93. The van der Waals surface area contributed by atoms with Crippen LogP contribution in [-0.2, 0) is 0 Å². The molecule has 0 radical (unpaired) electrons. The molecular formula is C18H12BrFN2O3. The van der Waals surface area contributed by atoms with Crippen LogP contribution in [0.25, 0.3) is 0 Å². The maximum Gasteiger partial charge on any atom is 0.291 e. The molecule has 0 fully saturated rings. The van der Waals surface area contributed by atoms with Gasteiger partial charge in [-0.25, -0.2) is 4.39 Å². The number of anilines is 2. The van der Waals surface area contributed by atoms with Gasteiger partial charge in [-0.15, -0.1) is 0 Å². The molecule has 1 aromatic heterocycles. The summed E-state index contributed by atoms with van der Waals surface area (Å²) in [4.78, 5) is 24.3. The summed E-state index contributed by atoms with van der Waals surface area (Å²) >= 11 is 3.13. The summed E-state index contributed by atoms with van der Waals surface area (Å²) in [5.41, 5.74) is 1.27. The lowest BCUT2D eigenvalue weighted by atomic mass is 10.1. The maximum absolute atomic E-state index is 12.9. The van der Waals surface area contributed by atoms with Crippen LogP contribution in [-0.4, -0.2) is 11.8 Å². The number of furan rings is 1. The van der Waals surface area contributed by atoms with Gasteiger partial charge in [-0.05, 0) is 70.5 Å². The molecule has 0 saturated carbocycles. The molecule has 3 rings (SSSR count). The SMILES string of the molecule is O=C(Nc1ccc(F)cc1)c1cccc(NC(=O)c2ccc(Br)o2)c1. The number of benzene rings is 2. The van der Waals surface area contributed by atoms with Crippen molar-refractivity contribution in [1.82, 2.24) is 0 Å². The average molecular weight is 403 g/mol. The highest BCUT2D eigenvalue weighted by molar-refractivity contribution is 9.10.